The Bertz CT molecular complexity index is 491. The summed E-state index contributed by atoms with van der Waals surface area (Å²) in [5.41, 5.74) is 3.14. The Morgan fingerprint density at radius 3 is 2.33 bits per heavy atom. The Morgan fingerprint density at radius 1 is 1.29 bits per heavy atom. The van der Waals surface area contributed by atoms with E-state index in [4.69, 9.17) is 5.21 Å². The summed E-state index contributed by atoms with van der Waals surface area (Å²) < 4.78 is 0. The lowest BCUT2D eigenvalue weighted by Gasteiger charge is -2.43. The largest absolute Gasteiger partial charge is 0.342 e. The minimum Gasteiger partial charge on any atom is -0.342 e. The van der Waals surface area contributed by atoms with Crippen LogP contribution in [0.2, 0.25) is 0 Å². The fourth-order valence-corrected chi connectivity index (χ4v) is 2.83. The van der Waals surface area contributed by atoms with Crippen LogP contribution in [0.4, 0.5) is 0 Å². The first-order chi connectivity index (χ1) is 10.0. The van der Waals surface area contributed by atoms with E-state index in [2.05, 4.69) is 18.7 Å². The molecule has 1 saturated heterocycles. The molecule has 1 fully saturated rings. The Balaban J connectivity index is 2.04. The second kappa shape index (κ2) is 6.69. The maximum absolute atomic E-state index is 11.3. The van der Waals surface area contributed by atoms with Gasteiger partial charge in [-0.25, -0.2) is 5.48 Å². The Kier molecular flexibility index (Phi) is 4.93. The van der Waals surface area contributed by atoms with Crippen molar-refractivity contribution in [2.75, 3.05) is 13.1 Å². The second-order valence-corrected chi connectivity index (χ2v) is 5.57. The van der Waals surface area contributed by atoms with Gasteiger partial charge in [-0.3, -0.25) is 19.7 Å². The van der Waals surface area contributed by atoms with Gasteiger partial charge in [0.25, 0.3) is 5.91 Å². The number of hydrogen-bond donors (Lipinski definition) is 2. The average Bonchev–Trinajstić information content (AvgIpc) is 2.50. The fourth-order valence-electron chi connectivity index (χ4n) is 2.83. The number of nitrogens with one attached hydrogen (secondary N) is 1. The van der Waals surface area contributed by atoms with Crippen LogP contribution in [-0.2, 0) is 11.3 Å². The molecule has 0 aromatic heterocycles. The highest BCUT2D eigenvalue weighted by Crippen LogP contribution is 2.18. The van der Waals surface area contributed by atoms with E-state index in [0.717, 1.165) is 31.6 Å². The molecule has 2 N–H and O–H groups in total. The third-order valence-electron chi connectivity index (χ3n) is 3.96. The number of hydrogen-bond acceptors (Lipinski definition) is 4. The van der Waals surface area contributed by atoms with Crippen LogP contribution in [0.25, 0.3) is 0 Å². The van der Waals surface area contributed by atoms with E-state index < -0.39 is 5.91 Å². The van der Waals surface area contributed by atoms with Gasteiger partial charge in [0.15, 0.2) is 0 Å². The molecule has 6 heteroatoms. The number of nitrogens with zero attached hydrogens (tertiary/aromatic N) is 2. The van der Waals surface area contributed by atoms with E-state index in [1.165, 1.54) is 0 Å². The fraction of sp³-hybridized carbons (Fsp3) is 0.467. The molecule has 0 bridgehead atoms. The summed E-state index contributed by atoms with van der Waals surface area (Å²) >= 11 is 0. The molecule has 2 atom stereocenters. The molecule has 0 aliphatic carbocycles. The highest BCUT2D eigenvalue weighted by Gasteiger charge is 2.28. The molecular formula is C15H21N3O3. The SMILES string of the molecule is CC1CN(C=O)CC(C)N1Cc1ccc(C(=O)NO)cc1. The van der Waals surface area contributed by atoms with Crippen molar-refractivity contribution >= 4 is 12.3 Å². The zero-order valence-corrected chi connectivity index (χ0v) is 12.3. The first kappa shape index (κ1) is 15.5. The van der Waals surface area contributed by atoms with Crippen LogP contribution in [0.1, 0.15) is 29.8 Å². The predicted octanol–water partition coefficient (Wildman–Crippen LogP) is 0.857. The van der Waals surface area contributed by atoms with Crippen LogP contribution in [0.15, 0.2) is 24.3 Å². The number of amides is 2. The molecule has 2 unspecified atom stereocenters. The average molecular weight is 291 g/mol. The molecule has 1 aromatic carbocycles. The molecule has 6 nitrogen and oxygen atoms in total. The van der Waals surface area contributed by atoms with Crippen molar-refractivity contribution in [2.45, 2.75) is 32.5 Å². The predicted molar refractivity (Wildman–Crippen MR) is 77.8 cm³/mol. The van der Waals surface area contributed by atoms with Crippen molar-refractivity contribution in [1.29, 1.82) is 0 Å². The molecule has 0 spiro atoms. The van der Waals surface area contributed by atoms with Gasteiger partial charge in [-0.2, -0.15) is 0 Å². The molecule has 1 aliphatic heterocycles. The van der Waals surface area contributed by atoms with Gasteiger partial charge in [-0.05, 0) is 31.5 Å². The lowest BCUT2D eigenvalue weighted by atomic mass is 10.1. The zero-order valence-electron chi connectivity index (χ0n) is 12.3. The summed E-state index contributed by atoms with van der Waals surface area (Å²) in [5.74, 6) is -0.511. The number of carbonyl (C=O) groups is 2. The quantitative estimate of drug-likeness (QED) is 0.490. The number of piperazine rings is 1. The van der Waals surface area contributed by atoms with E-state index in [-0.39, 0.29) is 0 Å². The van der Waals surface area contributed by atoms with Crippen molar-refractivity contribution in [2.24, 2.45) is 0 Å². The molecule has 1 aliphatic rings. The molecule has 21 heavy (non-hydrogen) atoms. The van der Waals surface area contributed by atoms with Gasteiger partial charge < -0.3 is 4.90 Å². The maximum Gasteiger partial charge on any atom is 0.274 e. The topological polar surface area (TPSA) is 72.9 Å². The van der Waals surface area contributed by atoms with Gasteiger partial charge in [0.1, 0.15) is 0 Å². The highest BCUT2D eigenvalue weighted by molar-refractivity contribution is 5.93. The van der Waals surface area contributed by atoms with Gasteiger partial charge in [0.05, 0.1) is 0 Å². The van der Waals surface area contributed by atoms with Crippen LogP contribution < -0.4 is 5.48 Å². The maximum atomic E-state index is 11.3. The van der Waals surface area contributed by atoms with Crippen LogP contribution in [-0.4, -0.2) is 52.5 Å². The lowest BCUT2D eigenvalue weighted by Crippen LogP contribution is -2.55. The minimum absolute atomic E-state index is 0.291. The first-order valence-corrected chi connectivity index (χ1v) is 7.03. The smallest absolute Gasteiger partial charge is 0.274 e. The van der Waals surface area contributed by atoms with E-state index in [1.807, 2.05) is 12.1 Å². The summed E-state index contributed by atoms with van der Waals surface area (Å²) in [5, 5.41) is 8.60. The Morgan fingerprint density at radius 2 is 1.86 bits per heavy atom. The summed E-state index contributed by atoms with van der Waals surface area (Å²) in [7, 11) is 0. The summed E-state index contributed by atoms with van der Waals surface area (Å²) in [6.07, 6.45) is 0.909. The lowest BCUT2D eigenvalue weighted by molar-refractivity contribution is -0.122. The third-order valence-corrected chi connectivity index (χ3v) is 3.96. The van der Waals surface area contributed by atoms with Gasteiger partial charge in [-0.1, -0.05) is 12.1 Å². The van der Waals surface area contributed by atoms with Crippen molar-refractivity contribution in [1.82, 2.24) is 15.3 Å². The second-order valence-electron chi connectivity index (χ2n) is 5.57. The van der Waals surface area contributed by atoms with E-state index in [0.29, 0.717) is 17.6 Å². The molecule has 114 valence electrons. The minimum atomic E-state index is -0.511. The third kappa shape index (κ3) is 3.59. The number of hydroxylamine groups is 1. The summed E-state index contributed by atoms with van der Waals surface area (Å²) in [6, 6.07) is 7.74. The van der Waals surface area contributed by atoms with Crippen LogP contribution in [0, 0.1) is 0 Å². The number of benzene rings is 1. The Hall–Kier alpha value is -1.92. The first-order valence-electron chi connectivity index (χ1n) is 7.03. The van der Waals surface area contributed by atoms with E-state index in [9.17, 15) is 9.59 Å². The standard InChI is InChI=1S/C15H21N3O3/c1-11-7-17(10-19)8-12(2)18(11)9-13-3-5-14(6-4-13)15(20)16-21/h3-6,10-12,21H,7-9H2,1-2H3,(H,16,20). The molecule has 0 radical (unpaired) electrons. The normalized spacial score (nSPS) is 22.9. The number of rotatable bonds is 4. The highest BCUT2D eigenvalue weighted by atomic mass is 16.5. The van der Waals surface area contributed by atoms with Crippen LogP contribution >= 0.6 is 0 Å². The number of carbonyl (C=O) groups excluding carboxylic acids is 2. The monoisotopic (exact) mass is 291 g/mol. The van der Waals surface area contributed by atoms with Gasteiger partial charge in [0.2, 0.25) is 6.41 Å². The van der Waals surface area contributed by atoms with Gasteiger partial charge in [0, 0.05) is 37.3 Å². The van der Waals surface area contributed by atoms with Crippen molar-refractivity contribution < 1.29 is 14.8 Å². The van der Waals surface area contributed by atoms with E-state index >= 15 is 0 Å². The van der Waals surface area contributed by atoms with Gasteiger partial charge in [-0.15, -0.1) is 0 Å². The molecule has 0 saturated carbocycles. The van der Waals surface area contributed by atoms with Crippen molar-refractivity contribution in [3.8, 4) is 0 Å². The van der Waals surface area contributed by atoms with Crippen LogP contribution in [0.3, 0.4) is 0 Å². The Labute approximate surface area is 124 Å². The van der Waals surface area contributed by atoms with E-state index in [1.54, 1.807) is 22.5 Å². The molecule has 1 heterocycles. The van der Waals surface area contributed by atoms with Crippen molar-refractivity contribution in [3.05, 3.63) is 35.4 Å². The molecule has 2 amide bonds. The van der Waals surface area contributed by atoms with Gasteiger partial charge >= 0.3 is 0 Å². The molecule has 2 rings (SSSR count). The van der Waals surface area contributed by atoms with Crippen LogP contribution in [0.5, 0.6) is 0 Å². The zero-order chi connectivity index (χ0) is 15.4. The molecule has 1 aromatic rings. The van der Waals surface area contributed by atoms with Crippen molar-refractivity contribution in [3.63, 3.8) is 0 Å². The summed E-state index contributed by atoms with van der Waals surface area (Å²) in [6.45, 7) is 6.47. The summed E-state index contributed by atoms with van der Waals surface area (Å²) in [4.78, 5) is 26.3. The molecular weight excluding hydrogens is 270 g/mol.